The minimum absolute atomic E-state index is 0.101. The Balaban J connectivity index is 2.45. The second-order valence-electron chi connectivity index (χ2n) is 4.91. The summed E-state index contributed by atoms with van der Waals surface area (Å²) in [6.07, 6.45) is 0. The zero-order chi connectivity index (χ0) is 10.8. The highest BCUT2D eigenvalue weighted by Gasteiger charge is 2.38. The third-order valence-electron chi connectivity index (χ3n) is 2.80. The van der Waals surface area contributed by atoms with Crippen molar-refractivity contribution >= 4 is 0 Å². The van der Waals surface area contributed by atoms with Crippen LogP contribution >= 0.6 is 0 Å². The zero-order valence-corrected chi connectivity index (χ0v) is 9.55. The second-order valence-corrected chi connectivity index (χ2v) is 4.91. The molecule has 3 heteroatoms. The van der Waals surface area contributed by atoms with Crippen molar-refractivity contribution in [2.45, 2.75) is 19.9 Å². The van der Waals surface area contributed by atoms with Crippen LogP contribution in [0, 0.1) is 5.41 Å². The Kier molecular flexibility index (Phi) is 3.70. The van der Waals surface area contributed by atoms with Crippen LogP contribution in [0.4, 0.5) is 0 Å². The van der Waals surface area contributed by atoms with Crippen molar-refractivity contribution in [2.24, 2.45) is 11.1 Å². The van der Waals surface area contributed by atoms with Gasteiger partial charge in [0.25, 0.3) is 0 Å². The van der Waals surface area contributed by atoms with E-state index in [1.807, 2.05) is 6.92 Å². The highest BCUT2D eigenvalue weighted by atomic mass is 16.5. The minimum Gasteiger partial charge on any atom is -0.379 e. The standard InChI is InChI=1S/C11H22N2O/c1-9(2)5-13(4)7-11(3)8-14-6-10(11)12/h10H,1,5-8,12H2,2-4H3. The molecule has 1 heterocycles. The molecule has 2 N–H and O–H groups in total. The van der Waals surface area contributed by atoms with E-state index in [1.165, 1.54) is 5.57 Å². The van der Waals surface area contributed by atoms with E-state index in [0.717, 1.165) is 19.7 Å². The number of hydrogen-bond donors (Lipinski definition) is 1. The molecule has 0 aromatic rings. The number of nitrogens with zero attached hydrogens (tertiary/aromatic N) is 1. The molecule has 0 spiro atoms. The van der Waals surface area contributed by atoms with E-state index in [1.54, 1.807) is 0 Å². The van der Waals surface area contributed by atoms with Crippen molar-refractivity contribution in [3.63, 3.8) is 0 Å². The Bertz CT molecular complexity index is 217. The van der Waals surface area contributed by atoms with Crippen molar-refractivity contribution in [1.29, 1.82) is 0 Å². The first-order chi connectivity index (χ1) is 6.44. The fourth-order valence-electron chi connectivity index (χ4n) is 2.02. The van der Waals surface area contributed by atoms with Crippen LogP contribution in [-0.4, -0.2) is 44.3 Å². The lowest BCUT2D eigenvalue weighted by Gasteiger charge is -2.32. The molecular formula is C11H22N2O. The molecule has 0 amide bonds. The van der Waals surface area contributed by atoms with Crippen LogP contribution in [0.3, 0.4) is 0 Å². The molecule has 1 saturated heterocycles. The van der Waals surface area contributed by atoms with Gasteiger partial charge >= 0.3 is 0 Å². The molecule has 2 atom stereocenters. The van der Waals surface area contributed by atoms with Gasteiger partial charge in [-0.3, -0.25) is 0 Å². The van der Waals surface area contributed by atoms with Crippen LogP contribution in [-0.2, 0) is 4.74 Å². The summed E-state index contributed by atoms with van der Waals surface area (Å²) in [5.41, 5.74) is 7.30. The van der Waals surface area contributed by atoms with Gasteiger partial charge in [-0.2, -0.15) is 0 Å². The average Bonchev–Trinajstić information content (AvgIpc) is 2.29. The fourth-order valence-corrected chi connectivity index (χ4v) is 2.02. The molecule has 2 unspecified atom stereocenters. The lowest BCUT2D eigenvalue weighted by molar-refractivity contribution is 0.134. The van der Waals surface area contributed by atoms with E-state index in [-0.39, 0.29) is 11.5 Å². The summed E-state index contributed by atoms with van der Waals surface area (Å²) < 4.78 is 5.40. The topological polar surface area (TPSA) is 38.5 Å². The lowest BCUT2D eigenvalue weighted by Crippen LogP contribution is -2.46. The summed E-state index contributed by atoms with van der Waals surface area (Å²) in [5, 5.41) is 0. The minimum atomic E-state index is 0.101. The fraction of sp³-hybridized carbons (Fsp3) is 0.818. The lowest BCUT2D eigenvalue weighted by atomic mass is 9.85. The number of likely N-dealkylation sites (N-methyl/N-ethyl adjacent to an activating group) is 1. The van der Waals surface area contributed by atoms with Gasteiger partial charge in [0.15, 0.2) is 0 Å². The van der Waals surface area contributed by atoms with Crippen LogP contribution < -0.4 is 5.73 Å². The molecule has 0 radical (unpaired) electrons. The molecule has 3 nitrogen and oxygen atoms in total. The van der Waals surface area contributed by atoms with Crippen LogP contribution in [0.1, 0.15) is 13.8 Å². The summed E-state index contributed by atoms with van der Waals surface area (Å²) in [7, 11) is 2.10. The van der Waals surface area contributed by atoms with E-state index >= 15 is 0 Å². The maximum Gasteiger partial charge on any atom is 0.0624 e. The number of hydrogen-bond acceptors (Lipinski definition) is 3. The summed E-state index contributed by atoms with van der Waals surface area (Å²) >= 11 is 0. The van der Waals surface area contributed by atoms with E-state index < -0.39 is 0 Å². The predicted octanol–water partition coefficient (Wildman–Crippen LogP) is 0.858. The Morgan fingerprint density at radius 1 is 1.71 bits per heavy atom. The molecule has 82 valence electrons. The van der Waals surface area contributed by atoms with E-state index in [9.17, 15) is 0 Å². The summed E-state index contributed by atoms with van der Waals surface area (Å²) in [6, 6.07) is 0.162. The SMILES string of the molecule is C=C(C)CN(C)CC1(C)COCC1N. The average molecular weight is 198 g/mol. The third kappa shape index (κ3) is 2.80. The Morgan fingerprint density at radius 2 is 2.36 bits per heavy atom. The van der Waals surface area contributed by atoms with Crippen molar-refractivity contribution in [3.05, 3.63) is 12.2 Å². The monoisotopic (exact) mass is 198 g/mol. The van der Waals surface area contributed by atoms with Gasteiger partial charge in [-0.15, -0.1) is 0 Å². The maximum atomic E-state index is 6.02. The first-order valence-corrected chi connectivity index (χ1v) is 5.10. The highest BCUT2D eigenvalue weighted by molar-refractivity contribution is 4.96. The van der Waals surface area contributed by atoms with Gasteiger partial charge in [-0.1, -0.05) is 19.1 Å². The van der Waals surface area contributed by atoms with Crippen LogP contribution in [0.5, 0.6) is 0 Å². The highest BCUT2D eigenvalue weighted by Crippen LogP contribution is 2.27. The molecule has 0 saturated carbocycles. The van der Waals surface area contributed by atoms with Crippen molar-refractivity contribution in [1.82, 2.24) is 4.90 Å². The molecule has 0 aliphatic carbocycles. The Hall–Kier alpha value is -0.380. The van der Waals surface area contributed by atoms with Crippen molar-refractivity contribution in [3.8, 4) is 0 Å². The number of nitrogens with two attached hydrogens (primary N) is 1. The van der Waals surface area contributed by atoms with Gasteiger partial charge in [0, 0.05) is 24.5 Å². The van der Waals surface area contributed by atoms with E-state index in [4.69, 9.17) is 10.5 Å². The third-order valence-corrected chi connectivity index (χ3v) is 2.80. The first kappa shape index (κ1) is 11.7. The molecule has 0 aromatic heterocycles. The maximum absolute atomic E-state index is 6.02. The van der Waals surface area contributed by atoms with Gasteiger partial charge in [0.2, 0.25) is 0 Å². The summed E-state index contributed by atoms with van der Waals surface area (Å²) in [6.45, 7) is 11.5. The van der Waals surface area contributed by atoms with Crippen LogP contribution in [0.2, 0.25) is 0 Å². The predicted molar refractivity (Wildman–Crippen MR) is 59.2 cm³/mol. The molecule has 0 aromatic carbocycles. The molecule has 14 heavy (non-hydrogen) atoms. The van der Waals surface area contributed by atoms with Crippen LogP contribution in [0.25, 0.3) is 0 Å². The second kappa shape index (κ2) is 4.43. The quantitative estimate of drug-likeness (QED) is 0.681. The largest absolute Gasteiger partial charge is 0.379 e. The Labute approximate surface area is 86.9 Å². The normalized spacial score (nSPS) is 32.5. The van der Waals surface area contributed by atoms with Gasteiger partial charge in [-0.05, 0) is 14.0 Å². The number of ether oxygens (including phenoxy) is 1. The van der Waals surface area contributed by atoms with Gasteiger partial charge < -0.3 is 15.4 Å². The molecule has 1 fully saturated rings. The molecule has 1 aliphatic heterocycles. The van der Waals surface area contributed by atoms with Gasteiger partial charge in [0.1, 0.15) is 0 Å². The molecule has 0 bridgehead atoms. The molecular weight excluding hydrogens is 176 g/mol. The number of rotatable bonds is 4. The smallest absolute Gasteiger partial charge is 0.0624 e. The van der Waals surface area contributed by atoms with Crippen molar-refractivity contribution in [2.75, 3.05) is 33.4 Å². The first-order valence-electron chi connectivity index (χ1n) is 5.10. The van der Waals surface area contributed by atoms with Gasteiger partial charge in [-0.25, -0.2) is 0 Å². The van der Waals surface area contributed by atoms with E-state index in [0.29, 0.717) is 6.61 Å². The zero-order valence-electron chi connectivity index (χ0n) is 9.55. The van der Waals surface area contributed by atoms with Gasteiger partial charge in [0.05, 0.1) is 13.2 Å². The summed E-state index contributed by atoms with van der Waals surface area (Å²) in [4.78, 5) is 2.26. The summed E-state index contributed by atoms with van der Waals surface area (Å²) in [5.74, 6) is 0. The van der Waals surface area contributed by atoms with Crippen LogP contribution in [0.15, 0.2) is 12.2 Å². The Morgan fingerprint density at radius 3 is 2.79 bits per heavy atom. The molecule has 1 aliphatic rings. The molecule has 1 rings (SSSR count). The van der Waals surface area contributed by atoms with Crippen molar-refractivity contribution < 1.29 is 4.74 Å². The van der Waals surface area contributed by atoms with E-state index in [2.05, 4.69) is 25.5 Å².